The van der Waals surface area contributed by atoms with Gasteiger partial charge in [-0.3, -0.25) is 9.59 Å². The predicted molar refractivity (Wildman–Crippen MR) is 90.2 cm³/mol. The van der Waals surface area contributed by atoms with Crippen molar-refractivity contribution in [2.45, 2.75) is 39.7 Å². The van der Waals surface area contributed by atoms with Gasteiger partial charge in [0.05, 0.1) is 11.0 Å². The number of hydrogen-bond donors (Lipinski definition) is 2. The molecule has 8 heteroatoms. The predicted octanol–water partition coefficient (Wildman–Crippen LogP) is 2.25. The van der Waals surface area contributed by atoms with E-state index in [0.29, 0.717) is 29.6 Å². The average molecular weight is 349 g/mol. The minimum Gasteiger partial charge on any atom is -0.481 e. The van der Waals surface area contributed by atoms with E-state index in [2.05, 4.69) is 20.3 Å². The summed E-state index contributed by atoms with van der Waals surface area (Å²) in [5.41, 5.74) is 0.0794. The average Bonchev–Trinajstić information content (AvgIpc) is 2.99. The second-order valence-corrected chi connectivity index (χ2v) is 7.20. The Morgan fingerprint density at radius 1 is 1.20 bits per heavy atom. The summed E-state index contributed by atoms with van der Waals surface area (Å²) in [6.07, 6.45) is 0.384. The van der Waals surface area contributed by atoms with E-state index in [0.717, 1.165) is 0 Å². The van der Waals surface area contributed by atoms with Crippen molar-refractivity contribution >= 4 is 22.9 Å². The van der Waals surface area contributed by atoms with Crippen molar-refractivity contribution in [3.8, 4) is 0 Å². The molecule has 0 unspecified atom stereocenters. The topological polar surface area (TPSA) is 115 Å². The molecule has 0 spiro atoms. The summed E-state index contributed by atoms with van der Waals surface area (Å²) in [6, 6.07) is 4.91. The van der Waals surface area contributed by atoms with Crippen LogP contribution < -0.4 is 5.32 Å². The van der Waals surface area contributed by atoms with Gasteiger partial charge in [-0.2, -0.15) is 0 Å². The van der Waals surface area contributed by atoms with Crippen molar-refractivity contribution in [2.24, 2.45) is 5.41 Å². The van der Waals surface area contributed by atoms with E-state index in [1.54, 1.807) is 32.0 Å². The minimum atomic E-state index is -0.861. The molecular weight excluding hydrogens is 326 g/mol. The molecule has 1 heterocycles. The normalized spacial score (nSPS) is 12.3. The second kappa shape index (κ2) is 7.18. The number of nitrogens with zero attached hydrogens (tertiary/aromatic N) is 2. The third-order valence-corrected chi connectivity index (χ3v) is 3.99. The number of amides is 1. The molecule has 1 amide bonds. The maximum atomic E-state index is 12.3. The first kappa shape index (κ1) is 18.9. The Kier molecular flexibility index (Phi) is 5.42. The van der Waals surface area contributed by atoms with Crippen LogP contribution in [0, 0.1) is 5.41 Å². The standard InChI is InChI=1S/C17H23N3O5/c1-16(2,15(22)23)7-8-24-17(3,4)10-18-14(21)11-5-6-12-13(9-11)20-25-19-12/h5-6,9H,7-8,10H2,1-4H3,(H,18,21)(H,22,23). The van der Waals surface area contributed by atoms with Crippen LogP contribution in [-0.4, -0.2) is 46.0 Å². The first-order chi connectivity index (χ1) is 11.6. The number of carboxylic acids is 1. The van der Waals surface area contributed by atoms with Gasteiger partial charge in [0.1, 0.15) is 11.0 Å². The zero-order chi connectivity index (χ0) is 18.7. The van der Waals surface area contributed by atoms with Crippen LogP contribution in [0.4, 0.5) is 0 Å². The number of rotatable bonds is 8. The molecule has 0 aliphatic heterocycles. The molecule has 8 nitrogen and oxygen atoms in total. The van der Waals surface area contributed by atoms with E-state index in [1.807, 2.05) is 13.8 Å². The largest absolute Gasteiger partial charge is 0.481 e. The van der Waals surface area contributed by atoms with Crippen LogP contribution in [0.1, 0.15) is 44.5 Å². The second-order valence-electron chi connectivity index (χ2n) is 7.20. The molecule has 0 saturated heterocycles. The van der Waals surface area contributed by atoms with Crippen molar-refractivity contribution in [2.75, 3.05) is 13.2 Å². The summed E-state index contributed by atoms with van der Waals surface area (Å²) < 4.78 is 10.4. The van der Waals surface area contributed by atoms with Gasteiger partial charge in [-0.05, 0) is 62.6 Å². The van der Waals surface area contributed by atoms with Crippen LogP contribution in [0.2, 0.25) is 0 Å². The fraction of sp³-hybridized carbons (Fsp3) is 0.529. The number of carbonyl (C=O) groups excluding carboxylic acids is 1. The summed E-state index contributed by atoms with van der Waals surface area (Å²) in [7, 11) is 0. The van der Waals surface area contributed by atoms with Crippen LogP contribution in [0.25, 0.3) is 11.0 Å². The van der Waals surface area contributed by atoms with E-state index in [4.69, 9.17) is 9.84 Å². The molecule has 2 rings (SSSR count). The Balaban J connectivity index is 1.85. The molecule has 0 saturated carbocycles. The number of carboxylic acid groups (broad SMARTS) is 1. The molecule has 0 bridgehead atoms. The SMILES string of the molecule is CC(C)(CNC(=O)c1ccc2nonc2c1)OCCC(C)(C)C(=O)O. The molecule has 1 aromatic carbocycles. The van der Waals surface area contributed by atoms with Gasteiger partial charge >= 0.3 is 5.97 Å². The number of benzene rings is 1. The summed E-state index contributed by atoms with van der Waals surface area (Å²) in [5, 5.41) is 19.3. The smallest absolute Gasteiger partial charge is 0.309 e. The lowest BCUT2D eigenvalue weighted by atomic mass is 9.90. The highest BCUT2D eigenvalue weighted by atomic mass is 16.6. The van der Waals surface area contributed by atoms with Gasteiger partial charge < -0.3 is 15.2 Å². The summed E-state index contributed by atoms with van der Waals surface area (Å²) >= 11 is 0. The molecule has 2 N–H and O–H groups in total. The number of ether oxygens (including phenoxy) is 1. The van der Waals surface area contributed by atoms with Crippen molar-refractivity contribution in [3.05, 3.63) is 23.8 Å². The highest BCUT2D eigenvalue weighted by Gasteiger charge is 2.28. The monoisotopic (exact) mass is 349 g/mol. The van der Waals surface area contributed by atoms with Gasteiger partial charge in [-0.1, -0.05) is 0 Å². The molecule has 0 aliphatic carbocycles. The van der Waals surface area contributed by atoms with Crippen LogP contribution in [0.15, 0.2) is 22.8 Å². The minimum absolute atomic E-state index is 0.257. The number of nitrogens with one attached hydrogen (secondary N) is 1. The van der Waals surface area contributed by atoms with E-state index in [-0.39, 0.29) is 12.5 Å². The molecule has 0 atom stereocenters. The molecule has 1 aromatic heterocycles. The Bertz CT molecular complexity index is 766. The Morgan fingerprint density at radius 3 is 2.56 bits per heavy atom. The van der Waals surface area contributed by atoms with E-state index >= 15 is 0 Å². The molecule has 0 aliphatic rings. The lowest BCUT2D eigenvalue weighted by Crippen LogP contribution is -2.41. The third-order valence-electron chi connectivity index (χ3n) is 3.99. The summed E-state index contributed by atoms with van der Waals surface area (Å²) in [6.45, 7) is 7.56. The van der Waals surface area contributed by atoms with Crippen molar-refractivity contribution in [3.63, 3.8) is 0 Å². The van der Waals surface area contributed by atoms with E-state index in [1.165, 1.54) is 0 Å². The fourth-order valence-corrected chi connectivity index (χ4v) is 2.06. The van der Waals surface area contributed by atoms with Crippen LogP contribution in [-0.2, 0) is 9.53 Å². The lowest BCUT2D eigenvalue weighted by Gasteiger charge is -2.28. The fourth-order valence-electron chi connectivity index (χ4n) is 2.06. The van der Waals surface area contributed by atoms with Crippen molar-refractivity contribution in [1.82, 2.24) is 15.6 Å². The maximum Gasteiger partial charge on any atom is 0.309 e. The van der Waals surface area contributed by atoms with Crippen LogP contribution >= 0.6 is 0 Å². The molecule has 25 heavy (non-hydrogen) atoms. The van der Waals surface area contributed by atoms with Crippen LogP contribution in [0.3, 0.4) is 0 Å². The van der Waals surface area contributed by atoms with Crippen LogP contribution in [0.5, 0.6) is 0 Å². The molecule has 0 radical (unpaired) electrons. The number of hydrogen-bond acceptors (Lipinski definition) is 6. The first-order valence-corrected chi connectivity index (χ1v) is 7.99. The molecule has 0 fully saturated rings. The van der Waals surface area contributed by atoms with Gasteiger partial charge in [-0.15, -0.1) is 0 Å². The highest BCUT2D eigenvalue weighted by molar-refractivity contribution is 5.97. The van der Waals surface area contributed by atoms with Gasteiger partial charge in [0.25, 0.3) is 5.91 Å². The Hall–Kier alpha value is -2.48. The zero-order valence-electron chi connectivity index (χ0n) is 14.8. The first-order valence-electron chi connectivity index (χ1n) is 7.99. The van der Waals surface area contributed by atoms with Crippen molar-refractivity contribution < 1.29 is 24.1 Å². The van der Waals surface area contributed by atoms with Crippen molar-refractivity contribution in [1.29, 1.82) is 0 Å². The highest BCUT2D eigenvalue weighted by Crippen LogP contribution is 2.22. The Labute approximate surface area is 145 Å². The number of aliphatic carboxylic acids is 1. The summed E-state index contributed by atoms with van der Waals surface area (Å²) in [5.74, 6) is -1.12. The number of fused-ring (bicyclic) bond motifs is 1. The summed E-state index contributed by atoms with van der Waals surface area (Å²) in [4.78, 5) is 23.3. The zero-order valence-corrected chi connectivity index (χ0v) is 14.8. The molecular formula is C17H23N3O5. The van der Waals surface area contributed by atoms with E-state index < -0.39 is 17.0 Å². The Morgan fingerprint density at radius 2 is 1.88 bits per heavy atom. The maximum absolute atomic E-state index is 12.3. The molecule has 2 aromatic rings. The third kappa shape index (κ3) is 4.99. The van der Waals surface area contributed by atoms with Gasteiger partial charge in [0, 0.05) is 18.7 Å². The van der Waals surface area contributed by atoms with Gasteiger partial charge in [-0.25, -0.2) is 4.63 Å². The van der Waals surface area contributed by atoms with E-state index in [9.17, 15) is 9.59 Å². The quantitative estimate of drug-likeness (QED) is 0.751. The molecule has 136 valence electrons. The number of aromatic nitrogens is 2. The lowest BCUT2D eigenvalue weighted by molar-refractivity contribution is -0.148. The van der Waals surface area contributed by atoms with Gasteiger partial charge in [0.2, 0.25) is 0 Å². The van der Waals surface area contributed by atoms with Gasteiger partial charge in [0.15, 0.2) is 0 Å². The number of carbonyl (C=O) groups is 2.